The molecule has 0 bridgehead atoms. The first-order chi connectivity index (χ1) is 7.39. The molecule has 88 valence electrons. The monoisotopic (exact) mass is 219 g/mol. The summed E-state index contributed by atoms with van der Waals surface area (Å²) < 4.78 is 5.38. The van der Waals surface area contributed by atoms with Crippen molar-refractivity contribution in [3.8, 4) is 5.75 Å². The molecule has 1 aromatic carbocycles. The molecular weight excluding hydrogens is 198 g/mol. The molecule has 16 heavy (non-hydrogen) atoms. The number of aryl methyl sites for hydroxylation is 2. The second kappa shape index (κ2) is 3.49. The third kappa shape index (κ3) is 1.52. The van der Waals surface area contributed by atoms with Gasteiger partial charge in [-0.2, -0.15) is 0 Å². The highest BCUT2D eigenvalue weighted by atomic mass is 16.5. The van der Waals surface area contributed by atoms with Crippen LogP contribution in [0, 0.1) is 19.3 Å². The van der Waals surface area contributed by atoms with Gasteiger partial charge in [-0.1, -0.05) is 26.0 Å². The summed E-state index contributed by atoms with van der Waals surface area (Å²) in [6.07, 6.45) is 0. The van der Waals surface area contributed by atoms with Gasteiger partial charge >= 0.3 is 0 Å². The standard InChI is InChI=1S/C14H21NO/c1-8-6-10(7-9(2)12(8)16-5)11-13(15)14(11,3)4/h6-7,11,13H,15H2,1-5H3/t11-,13-/m0/s1. The molecule has 1 saturated carbocycles. The van der Waals surface area contributed by atoms with Gasteiger partial charge in [-0.05, 0) is 36.0 Å². The Kier molecular flexibility index (Phi) is 2.50. The molecule has 1 fully saturated rings. The lowest BCUT2D eigenvalue weighted by molar-refractivity contribution is 0.408. The van der Waals surface area contributed by atoms with Gasteiger partial charge < -0.3 is 10.5 Å². The van der Waals surface area contributed by atoms with E-state index in [2.05, 4.69) is 39.8 Å². The van der Waals surface area contributed by atoms with E-state index >= 15 is 0 Å². The van der Waals surface area contributed by atoms with Crippen LogP contribution in [0.15, 0.2) is 12.1 Å². The summed E-state index contributed by atoms with van der Waals surface area (Å²) in [5, 5.41) is 0. The molecule has 0 aromatic heterocycles. The maximum Gasteiger partial charge on any atom is 0.124 e. The molecule has 2 N–H and O–H groups in total. The number of methoxy groups -OCH3 is 1. The Labute approximate surface area is 97.8 Å². The first kappa shape index (κ1) is 11.5. The van der Waals surface area contributed by atoms with Crippen LogP contribution in [0.25, 0.3) is 0 Å². The van der Waals surface area contributed by atoms with Crippen molar-refractivity contribution in [3.05, 3.63) is 28.8 Å². The highest BCUT2D eigenvalue weighted by molar-refractivity contribution is 5.47. The van der Waals surface area contributed by atoms with Crippen molar-refractivity contribution in [2.24, 2.45) is 11.1 Å². The lowest BCUT2D eigenvalue weighted by Crippen LogP contribution is -2.06. The fourth-order valence-corrected chi connectivity index (χ4v) is 2.80. The average Bonchev–Trinajstić information content (AvgIpc) is 2.65. The van der Waals surface area contributed by atoms with Crippen molar-refractivity contribution < 1.29 is 4.74 Å². The van der Waals surface area contributed by atoms with Crippen LogP contribution in [0.5, 0.6) is 5.75 Å². The Morgan fingerprint density at radius 1 is 1.19 bits per heavy atom. The van der Waals surface area contributed by atoms with Crippen LogP contribution in [0.4, 0.5) is 0 Å². The van der Waals surface area contributed by atoms with Crippen molar-refractivity contribution in [1.29, 1.82) is 0 Å². The molecule has 0 saturated heterocycles. The lowest BCUT2D eigenvalue weighted by atomic mass is 9.98. The quantitative estimate of drug-likeness (QED) is 0.830. The summed E-state index contributed by atoms with van der Waals surface area (Å²) >= 11 is 0. The zero-order chi connectivity index (χ0) is 12.1. The minimum Gasteiger partial charge on any atom is -0.496 e. The van der Waals surface area contributed by atoms with E-state index in [-0.39, 0.29) is 5.41 Å². The summed E-state index contributed by atoms with van der Waals surface area (Å²) in [5.74, 6) is 1.49. The Morgan fingerprint density at radius 3 is 1.94 bits per heavy atom. The van der Waals surface area contributed by atoms with E-state index in [1.54, 1.807) is 7.11 Å². The summed E-state index contributed by atoms with van der Waals surface area (Å²) in [7, 11) is 1.72. The molecule has 2 atom stereocenters. The van der Waals surface area contributed by atoms with E-state index in [9.17, 15) is 0 Å². The van der Waals surface area contributed by atoms with Gasteiger partial charge in [0.2, 0.25) is 0 Å². The average molecular weight is 219 g/mol. The van der Waals surface area contributed by atoms with Crippen LogP contribution in [0.3, 0.4) is 0 Å². The van der Waals surface area contributed by atoms with Crippen LogP contribution in [0.1, 0.15) is 36.5 Å². The summed E-state index contributed by atoms with van der Waals surface area (Å²) in [5.41, 5.74) is 10.1. The molecule has 0 aliphatic heterocycles. The molecule has 1 aromatic rings. The largest absolute Gasteiger partial charge is 0.496 e. The third-order valence-corrected chi connectivity index (χ3v) is 3.96. The first-order valence-corrected chi connectivity index (χ1v) is 5.80. The number of ether oxygens (including phenoxy) is 1. The number of hydrogen-bond donors (Lipinski definition) is 1. The van der Waals surface area contributed by atoms with E-state index in [4.69, 9.17) is 10.5 Å². The smallest absolute Gasteiger partial charge is 0.124 e. The van der Waals surface area contributed by atoms with E-state index in [1.165, 1.54) is 16.7 Å². The molecular formula is C14H21NO. The van der Waals surface area contributed by atoms with Crippen molar-refractivity contribution in [2.45, 2.75) is 39.7 Å². The Bertz CT molecular complexity index is 400. The highest BCUT2D eigenvalue weighted by Gasteiger charge is 2.56. The van der Waals surface area contributed by atoms with Crippen LogP contribution in [-0.2, 0) is 0 Å². The summed E-state index contributed by atoms with van der Waals surface area (Å²) in [4.78, 5) is 0. The molecule has 0 amide bonds. The van der Waals surface area contributed by atoms with Gasteiger partial charge in [0.1, 0.15) is 5.75 Å². The lowest BCUT2D eigenvalue weighted by Gasteiger charge is -2.12. The van der Waals surface area contributed by atoms with Gasteiger partial charge in [0.05, 0.1) is 7.11 Å². The number of benzene rings is 1. The maximum absolute atomic E-state index is 6.12. The van der Waals surface area contributed by atoms with Gasteiger partial charge in [-0.3, -0.25) is 0 Å². The molecule has 2 nitrogen and oxygen atoms in total. The minimum absolute atomic E-state index is 0.244. The number of hydrogen-bond acceptors (Lipinski definition) is 2. The fourth-order valence-electron chi connectivity index (χ4n) is 2.80. The van der Waals surface area contributed by atoms with Crippen LogP contribution in [0.2, 0.25) is 0 Å². The number of nitrogens with two attached hydrogens (primary N) is 1. The summed E-state index contributed by atoms with van der Waals surface area (Å²) in [6.45, 7) is 8.65. The zero-order valence-corrected chi connectivity index (χ0v) is 10.8. The Hall–Kier alpha value is -1.02. The normalized spacial score (nSPS) is 26.6. The number of rotatable bonds is 2. The second-order valence-corrected chi connectivity index (χ2v) is 5.51. The second-order valence-electron chi connectivity index (χ2n) is 5.51. The van der Waals surface area contributed by atoms with Crippen molar-refractivity contribution in [2.75, 3.05) is 7.11 Å². The predicted molar refractivity (Wildman–Crippen MR) is 67.0 cm³/mol. The first-order valence-electron chi connectivity index (χ1n) is 5.80. The maximum atomic E-state index is 6.12. The van der Waals surface area contributed by atoms with Crippen molar-refractivity contribution >= 4 is 0 Å². The molecule has 1 aliphatic carbocycles. The third-order valence-electron chi connectivity index (χ3n) is 3.96. The minimum atomic E-state index is 0.244. The fraction of sp³-hybridized carbons (Fsp3) is 0.571. The van der Waals surface area contributed by atoms with Gasteiger partial charge in [-0.25, -0.2) is 0 Å². The molecule has 2 rings (SSSR count). The van der Waals surface area contributed by atoms with E-state index < -0.39 is 0 Å². The zero-order valence-electron chi connectivity index (χ0n) is 10.8. The van der Waals surface area contributed by atoms with Crippen LogP contribution in [-0.4, -0.2) is 13.2 Å². The van der Waals surface area contributed by atoms with Crippen molar-refractivity contribution in [3.63, 3.8) is 0 Å². The van der Waals surface area contributed by atoms with Gasteiger partial charge in [-0.15, -0.1) is 0 Å². The van der Waals surface area contributed by atoms with Gasteiger partial charge in [0.25, 0.3) is 0 Å². The van der Waals surface area contributed by atoms with E-state index in [0.29, 0.717) is 12.0 Å². The molecule has 1 aliphatic rings. The van der Waals surface area contributed by atoms with Crippen molar-refractivity contribution in [1.82, 2.24) is 0 Å². The Morgan fingerprint density at radius 2 is 1.62 bits per heavy atom. The molecule has 0 spiro atoms. The van der Waals surface area contributed by atoms with E-state index in [0.717, 1.165) is 5.75 Å². The summed E-state index contributed by atoms with van der Waals surface area (Å²) in [6, 6.07) is 4.72. The Balaban J connectivity index is 2.39. The molecule has 0 radical (unpaired) electrons. The predicted octanol–water partition coefficient (Wildman–Crippen LogP) is 2.76. The highest BCUT2D eigenvalue weighted by Crippen LogP contribution is 2.57. The molecule has 0 heterocycles. The molecule has 2 heteroatoms. The molecule has 0 unspecified atom stereocenters. The van der Waals surface area contributed by atoms with Gasteiger partial charge in [0, 0.05) is 12.0 Å². The topological polar surface area (TPSA) is 35.2 Å². The van der Waals surface area contributed by atoms with Gasteiger partial charge in [0.15, 0.2) is 0 Å². The van der Waals surface area contributed by atoms with Crippen LogP contribution >= 0.6 is 0 Å². The van der Waals surface area contributed by atoms with Crippen LogP contribution < -0.4 is 10.5 Å². The SMILES string of the molecule is COc1c(C)cc([C@H]2[C@H](N)C2(C)C)cc1C. The van der Waals surface area contributed by atoms with E-state index in [1.807, 2.05) is 0 Å².